The number of unbranched alkanes of at least 4 members (excludes halogenated alkanes) is 2. The minimum absolute atomic E-state index is 0.831. The third kappa shape index (κ3) is 5.70. The van der Waals surface area contributed by atoms with Crippen LogP contribution < -0.4 is 5.73 Å². The second-order valence-corrected chi connectivity index (χ2v) is 1.85. The maximum Gasteiger partial charge on any atom is -0.00772 e. The van der Waals surface area contributed by atoms with Crippen molar-refractivity contribution in [1.29, 1.82) is 0 Å². The highest BCUT2D eigenvalue weighted by atomic mass is 14.5. The summed E-state index contributed by atoms with van der Waals surface area (Å²) in [4.78, 5) is 0. The number of hydrogen-bond donors (Lipinski definition) is 1. The molecule has 0 aliphatic heterocycles. The molecule has 0 fully saturated rings. The molecule has 1 nitrogen and oxygen atoms in total. The Kier molecular flexibility index (Phi) is 6.45. The van der Waals surface area contributed by atoms with E-state index in [0.29, 0.717) is 0 Å². The molecule has 0 rings (SSSR count). The topological polar surface area (TPSA) is 26.0 Å². The molecule has 0 aromatic heterocycles. The Hall–Kier alpha value is -0.300. The monoisotopic (exact) mass is 113 g/mol. The second kappa shape index (κ2) is 6.70. The fourth-order valence-corrected chi connectivity index (χ4v) is 0.573. The second-order valence-electron chi connectivity index (χ2n) is 1.85. The van der Waals surface area contributed by atoms with E-state index in [-0.39, 0.29) is 0 Å². The molecular weight excluding hydrogens is 98.1 g/mol. The van der Waals surface area contributed by atoms with Gasteiger partial charge in [0, 0.05) is 0 Å². The molecule has 0 spiro atoms. The van der Waals surface area contributed by atoms with Crippen molar-refractivity contribution in [3.8, 4) is 0 Å². The molecule has 0 aromatic carbocycles. The van der Waals surface area contributed by atoms with E-state index in [4.69, 9.17) is 5.73 Å². The standard InChI is InChI=1S/C7H15N/c1-2-3-4-5-6-7-8/h2-3H,4-8H2,1H3. The number of nitrogens with two attached hydrogens (primary N) is 1. The van der Waals surface area contributed by atoms with Crippen molar-refractivity contribution in [3.63, 3.8) is 0 Å². The first-order valence-corrected chi connectivity index (χ1v) is 3.23. The fraction of sp³-hybridized carbons (Fsp3) is 0.714. The van der Waals surface area contributed by atoms with Gasteiger partial charge in [-0.25, -0.2) is 0 Å². The quantitative estimate of drug-likeness (QED) is 0.435. The largest absolute Gasteiger partial charge is 0.330 e. The molecule has 0 heterocycles. The highest BCUT2D eigenvalue weighted by Gasteiger charge is 1.78. The minimum atomic E-state index is 0.831. The van der Waals surface area contributed by atoms with E-state index >= 15 is 0 Å². The summed E-state index contributed by atoms with van der Waals surface area (Å²) in [6.07, 6.45) is 7.84. The van der Waals surface area contributed by atoms with E-state index in [9.17, 15) is 0 Å². The third-order valence-electron chi connectivity index (χ3n) is 1.06. The summed E-state index contributed by atoms with van der Waals surface area (Å²) in [5, 5.41) is 0. The van der Waals surface area contributed by atoms with E-state index in [1.165, 1.54) is 12.8 Å². The molecule has 0 atom stereocenters. The summed E-state index contributed by atoms with van der Waals surface area (Å²) < 4.78 is 0. The molecule has 2 N–H and O–H groups in total. The molecule has 0 aliphatic carbocycles. The molecule has 0 bridgehead atoms. The summed E-state index contributed by atoms with van der Waals surface area (Å²) in [6.45, 7) is 2.88. The molecule has 0 amide bonds. The van der Waals surface area contributed by atoms with Crippen LogP contribution >= 0.6 is 0 Å². The van der Waals surface area contributed by atoms with Gasteiger partial charge in [-0.2, -0.15) is 0 Å². The number of rotatable bonds is 4. The van der Waals surface area contributed by atoms with Crippen LogP contribution in [0.25, 0.3) is 0 Å². The van der Waals surface area contributed by atoms with Crippen molar-refractivity contribution in [3.05, 3.63) is 12.2 Å². The molecule has 0 saturated heterocycles. The molecule has 8 heavy (non-hydrogen) atoms. The van der Waals surface area contributed by atoms with E-state index in [0.717, 1.165) is 13.0 Å². The van der Waals surface area contributed by atoms with Gasteiger partial charge >= 0.3 is 0 Å². The van der Waals surface area contributed by atoms with Gasteiger partial charge in [0.1, 0.15) is 0 Å². The van der Waals surface area contributed by atoms with Crippen molar-refractivity contribution in [2.24, 2.45) is 5.73 Å². The van der Waals surface area contributed by atoms with Gasteiger partial charge in [-0.1, -0.05) is 12.2 Å². The predicted molar refractivity (Wildman–Crippen MR) is 37.7 cm³/mol. The summed E-state index contributed by atoms with van der Waals surface area (Å²) in [5.74, 6) is 0. The zero-order valence-corrected chi connectivity index (χ0v) is 5.56. The van der Waals surface area contributed by atoms with Crippen molar-refractivity contribution in [2.75, 3.05) is 6.54 Å². The van der Waals surface area contributed by atoms with Crippen LogP contribution in [0, 0.1) is 0 Å². The zero-order chi connectivity index (χ0) is 6.24. The van der Waals surface area contributed by atoms with Crippen LogP contribution in [0.2, 0.25) is 0 Å². The van der Waals surface area contributed by atoms with Gasteiger partial charge in [-0.15, -0.1) is 0 Å². The van der Waals surface area contributed by atoms with Crippen molar-refractivity contribution in [1.82, 2.24) is 0 Å². The summed E-state index contributed by atoms with van der Waals surface area (Å²) >= 11 is 0. The van der Waals surface area contributed by atoms with E-state index in [1.54, 1.807) is 0 Å². The first-order valence-electron chi connectivity index (χ1n) is 3.23. The van der Waals surface area contributed by atoms with Crippen molar-refractivity contribution < 1.29 is 0 Å². The van der Waals surface area contributed by atoms with Gasteiger partial charge in [0.25, 0.3) is 0 Å². The molecule has 0 aromatic rings. The molecule has 0 unspecified atom stereocenters. The first kappa shape index (κ1) is 7.70. The first-order chi connectivity index (χ1) is 3.91. The average molecular weight is 113 g/mol. The lowest BCUT2D eigenvalue weighted by Gasteiger charge is -1.89. The Morgan fingerprint density at radius 1 is 1.38 bits per heavy atom. The lowest BCUT2D eigenvalue weighted by molar-refractivity contribution is 0.758. The summed E-state index contributed by atoms with van der Waals surface area (Å²) in [7, 11) is 0. The molecule has 1 heteroatoms. The van der Waals surface area contributed by atoms with Crippen LogP contribution in [0.5, 0.6) is 0 Å². The van der Waals surface area contributed by atoms with Crippen LogP contribution in [0.15, 0.2) is 12.2 Å². The van der Waals surface area contributed by atoms with Crippen LogP contribution in [0.3, 0.4) is 0 Å². The smallest absolute Gasteiger partial charge is 0.00772 e. The number of allylic oxidation sites excluding steroid dienone is 2. The molecular formula is C7H15N. The number of hydrogen-bond acceptors (Lipinski definition) is 1. The van der Waals surface area contributed by atoms with Gasteiger partial charge in [0.15, 0.2) is 0 Å². The van der Waals surface area contributed by atoms with Gasteiger partial charge in [-0.05, 0) is 32.7 Å². The van der Waals surface area contributed by atoms with Crippen molar-refractivity contribution in [2.45, 2.75) is 26.2 Å². The zero-order valence-electron chi connectivity index (χ0n) is 5.56. The maximum atomic E-state index is 5.29. The van der Waals surface area contributed by atoms with Gasteiger partial charge in [-0.3, -0.25) is 0 Å². The van der Waals surface area contributed by atoms with Crippen LogP contribution in [-0.2, 0) is 0 Å². The van der Waals surface area contributed by atoms with E-state index in [1.807, 2.05) is 6.92 Å². The highest BCUT2D eigenvalue weighted by Crippen LogP contribution is 1.93. The fourth-order valence-electron chi connectivity index (χ4n) is 0.573. The Bertz CT molecular complexity index is 57.4. The summed E-state index contributed by atoms with van der Waals surface area (Å²) in [6, 6.07) is 0. The SMILES string of the molecule is CC=CCCCCN. The Morgan fingerprint density at radius 3 is 2.62 bits per heavy atom. The predicted octanol–water partition coefficient (Wildman–Crippen LogP) is 1.69. The normalized spacial score (nSPS) is 10.8. The Labute approximate surface area is 51.6 Å². The lowest BCUT2D eigenvalue weighted by Crippen LogP contribution is -1.96. The highest BCUT2D eigenvalue weighted by molar-refractivity contribution is 4.76. The van der Waals surface area contributed by atoms with Crippen molar-refractivity contribution >= 4 is 0 Å². The Balaban J connectivity index is 2.72. The summed E-state index contributed by atoms with van der Waals surface area (Å²) in [5.41, 5.74) is 5.29. The molecule has 48 valence electrons. The maximum absolute atomic E-state index is 5.29. The average Bonchev–Trinajstić information content (AvgIpc) is 1.81. The molecule has 0 saturated carbocycles. The van der Waals surface area contributed by atoms with Crippen LogP contribution in [0.4, 0.5) is 0 Å². The van der Waals surface area contributed by atoms with E-state index < -0.39 is 0 Å². The van der Waals surface area contributed by atoms with E-state index in [2.05, 4.69) is 12.2 Å². The van der Waals surface area contributed by atoms with Gasteiger partial charge in [0.05, 0.1) is 0 Å². The molecule has 0 radical (unpaired) electrons. The van der Waals surface area contributed by atoms with Gasteiger partial charge in [0.2, 0.25) is 0 Å². The van der Waals surface area contributed by atoms with Gasteiger partial charge < -0.3 is 5.73 Å². The minimum Gasteiger partial charge on any atom is -0.330 e. The third-order valence-corrected chi connectivity index (χ3v) is 1.06. The molecule has 0 aliphatic rings. The van der Waals surface area contributed by atoms with Crippen LogP contribution in [0.1, 0.15) is 26.2 Å². The Morgan fingerprint density at radius 2 is 2.12 bits per heavy atom. The lowest BCUT2D eigenvalue weighted by atomic mass is 10.2. The van der Waals surface area contributed by atoms with Crippen LogP contribution in [-0.4, -0.2) is 6.54 Å².